The van der Waals surface area contributed by atoms with Crippen LogP contribution in [0.3, 0.4) is 0 Å². The molecule has 94 valence electrons. The number of benzene rings is 1. The lowest BCUT2D eigenvalue weighted by molar-refractivity contribution is -0.116. The molecule has 2 N–H and O–H groups in total. The van der Waals surface area contributed by atoms with Crippen LogP contribution in [0.4, 0.5) is 18.9 Å². The average Bonchev–Trinajstić information content (AvgIpc) is 2.25. The molecule has 1 aromatic carbocycles. The first-order valence-corrected chi connectivity index (χ1v) is 5.19. The fourth-order valence-corrected chi connectivity index (χ4v) is 1.24. The molecule has 0 aliphatic carbocycles. The van der Waals surface area contributed by atoms with E-state index in [0.29, 0.717) is 19.2 Å². The van der Waals surface area contributed by atoms with E-state index in [1.807, 2.05) is 6.92 Å². The van der Waals surface area contributed by atoms with Gasteiger partial charge in [0.05, 0.1) is 5.69 Å². The van der Waals surface area contributed by atoms with Crippen LogP contribution in [0.2, 0.25) is 0 Å². The lowest BCUT2D eigenvalue weighted by Gasteiger charge is -2.07. The van der Waals surface area contributed by atoms with Crippen molar-refractivity contribution in [3.05, 3.63) is 29.6 Å². The summed E-state index contributed by atoms with van der Waals surface area (Å²) in [6, 6.07) is 1.16. The van der Waals surface area contributed by atoms with E-state index in [4.69, 9.17) is 0 Å². The number of amides is 1. The Morgan fingerprint density at radius 3 is 2.65 bits per heavy atom. The molecular weight excluding hydrogens is 233 g/mol. The van der Waals surface area contributed by atoms with Gasteiger partial charge in [0.1, 0.15) is 5.82 Å². The number of halogens is 3. The molecular formula is C11H13F3N2O. The predicted molar refractivity (Wildman–Crippen MR) is 58.1 cm³/mol. The molecule has 0 saturated carbocycles. The maximum Gasteiger partial charge on any atom is 0.225 e. The van der Waals surface area contributed by atoms with Crippen LogP contribution >= 0.6 is 0 Å². The fourth-order valence-electron chi connectivity index (χ4n) is 1.24. The molecule has 1 rings (SSSR count). The van der Waals surface area contributed by atoms with Gasteiger partial charge in [-0.1, -0.05) is 6.92 Å². The first kappa shape index (κ1) is 13.5. The largest absolute Gasteiger partial charge is 0.323 e. The second-order valence-electron chi connectivity index (χ2n) is 3.40. The van der Waals surface area contributed by atoms with Gasteiger partial charge in [-0.05, 0) is 6.54 Å². The minimum Gasteiger partial charge on any atom is -0.323 e. The highest BCUT2D eigenvalue weighted by atomic mass is 19.2. The Bertz CT molecular complexity index is 410. The van der Waals surface area contributed by atoms with Gasteiger partial charge >= 0.3 is 0 Å². The maximum absolute atomic E-state index is 13.2. The Hall–Kier alpha value is -1.56. The normalized spacial score (nSPS) is 10.4. The smallest absolute Gasteiger partial charge is 0.225 e. The van der Waals surface area contributed by atoms with Crippen molar-refractivity contribution in [3.63, 3.8) is 0 Å². The van der Waals surface area contributed by atoms with Crippen LogP contribution in [0, 0.1) is 17.5 Å². The molecule has 17 heavy (non-hydrogen) atoms. The summed E-state index contributed by atoms with van der Waals surface area (Å²) in [7, 11) is 0. The monoisotopic (exact) mass is 246 g/mol. The van der Waals surface area contributed by atoms with Gasteiger partial charge in [-0.15, -0.1) is 0 Å². The van der Waals surface area contributed by atoms with Crippen molar-refractivity contribution in [1.82, 2.24) is 5.32 Å². The number of carbonyl (C=O) groups excluding carboxylic acids is 1. The summed E-state index contributed by atoms with van der Waals surface area (Å²) in [6.07, 6.45) is 0.103. The van der Waals surface area contributed by atoms with Gasteiger partial charge < -0.3 is 10.6 Å². The highest BCUT2D eigenvalue weighted by molar-refractivity contribution is 5.90. The number of nitrogens with one attached hydrogen (secondary N) is 2. The topological polar surface area (TPSA) is 41.1 Å². The summed E-state index contributed by atoms with van der Waals surface area (Å²) >= 11 is 0. The first-order valence-electron chi connectivity index (χ1n) is 5.19. The third kappa shape index (κ3) is 4.07. The summed E-state index contributed by atoms with van der Waals surface area (Å²) < 4.78 is 38.8. The van der Waals surface area contributed by atoms with Gasteiger partial charge in [0.2, 0.25) is 5.91 Å². The second kappa shape index (κ2) is 6.24. The van der Waals surface area contributed by atoms with E-state index in [1.54, 1.807) is 0 Å². The Morgan fingerprint density at radius 2 is 2.00 bits per heavy atom. The number of anilines is 1. The Kier molecular flexibility index (Phi) is 4.96. The van der Waals surface area contributed by atoms with Crippen LogP contribution < -0.4 is 10.6 Å². The molecule has 3 nitrogen and oxygen atoms in total. The average molecular weight is 246 g/mol. The molecule has 1 amide bonds. The van der Waals surface area contributed by atoms with Crippen molar-refractivity contribution in [2.75, 3.05) is 18.4 Å². The second-order valence-corrected chi connectivity index (χ2v) is 3.40. The number of hydrogen-bond acceptors (Lipinski definition) is 2. The molecule has 0 aliphatic heterocycles. The zero-order valence-electron chi connectivity index (χ0n) is 9.32. The van der Waals surface area contributed by atoms with Crippen LogP contribution in [-0.4, -0.2) is 19.0 Å². The predicted octanol–water partition coefficient (Wildman–Crippen LogP) is 2.04. The van der Waals surface area contributed by atoms with Crippen LogP contribution in [0.25, 0.3) is 0 Å². The van der Waals surface area contributed by atoms with E-state index >= 15 is 0 Å². The first-order chi connectivity index (χ1) is 8.04. The highest BCUT2D eigenvalue weighted by Gasteiger charge is 2.13. The quantitative estimate of drug-likeness (QED) is 0.616. The Labute approximate surface area is 97.0 Å². The van der Waals surface area contributed by atoms with Gasteiger partial charge in [-0.2, -0.15) is 0 Å². The molecule has 0 saturated heterocycles. The summed E-state index contributed by atoms with van der Waals surface area (Å²) in [4.78, 5) is 11.3. The van der Waals surface area contributed by atoms with Crippen LogP contribution in [-0.2, 0) is 4.79 Å². The molecule has 0 spiro atoms. The lowest BCUT2D eigenvalue weighted by Crippen LogP contribution is -2.22. The Balaban J connectivity index is 2.65. The van der Waals surface area contributed by atoms with Crippen molar-refractivity contribution in [2.24, 2.45) is 0 Å². The summed E-state index contributed by atoms with van der Waals surface area (Å²) in [6.45, 7) is 3.00. The summed E-state index contributed by atoms with van der Waals surface area (Å²) in [5.41, 5.74) is -0.482. The molecule has 0 bridgehead atoms. The third-order valence-electron chi connectivity index (χ3n) is 2.05. The SMILES string of the molecule is CCNCCC(=O)Nc1cc(F)cc(F)c1F. The highest BCUT2D eigenvalue weighted by Crippen LogP contribution is 2.19. The van der Waals surface area contributed by atoms with Gasteiger partial charge in [0.15, 0.2) is 11.6 Å². The van der Waals surface area contributed by atoms with Crippen molar-refractivity contribution >= 4 is 11.6 Å². The van der Waals surface area contributed by atoms with Crippen molar-refractivity contribution in [1.29, 1.82) is 0 Å². The van der Waals surface area contributed by atoms with E-state index in [0.717, 1.165) is 6.07 Å². The van der Waals surface area contributed by atoms with E-state index in [2.05, 4.69) is 10.6 Å². The number of rotatable bonds is 5. The molecule has 0 heterocycles. The van der Waals surface area contributed by atoms with E-state index in [1.165, 1.54) is 0 Å². The van der Waals surface area contributed by atoms with Crippen LogP contribution in [0.15, 0.2) is 12.1 Å². The molecule has 0 unspecified atom stereocenters. The summed E-state index contributed by atoms with van der Waals surface area (Å²) in [5.74, 6) is -4.03. The standard InChI is InChI=1S/C11H13F3N2O/c1-2-15-4-3-10(17)16-9-6-7(12)5-8(13)11(9)14/h5-6,15H,2-4H2,1H3,(H,16,17). The maximum atomic E-state index is 13.2. The van der Waals surface area contributed by atoms with Crippen molar-refractivity contribution in [3.8, 4) is 0 Å². The van der Waals surface area contributed by atoms with Crippen LogP contribution in [0.1, 0.15) is 13.3 Å². The van der Waals surface area contributed by atoms with E-state index < -0.39 is 29.0 Å². The van der Waals surface area contributed by atoms with Crippen molar-refractivity contribution < 1.29 is 18.0 Å². The molecule has 0 radical (unpaired) electrons. The van der Waals surface area contributed by atoms with E-state index in [-0.39, 0.29) is 6.42 Å². The molecule has 1 aromatic rings. The lowest BCUT2D eigenvalue weighted by atomic mass is 10.2. The molecule has 0 aliphatic rings. The summed E-state index contributed by atoms with van der Waals surface area (Å²) in [5, 5.41) is 5.02. The van der Waals surface area contributed by atoms with Gasteiger partial charge in [-0.3, -0.25) is 4.79 Å². The minimum atomic E-state index is -1.33. The number of hydrogen-bond donors (Lipinski definition) is 2. The van der Waals surface area contributed by atoms with E-state index in [9.17, 15) is 18.0 Å². The van der Waals surface area contributed by atoms with Gasteiger partial charge in [0.25, 0.3) is 0 Å². The molecule has 0 atom stereocenters. The minimum absolute atomic E-state index is 0.103. The third-order valence-corrected chi connectivity index (χ3v) is 2.05. The van der Waals surface area contributed by atoms with Crippen LogP contribution in [0.5, 0.6) is 0 Å². The zero-order chi connectivity index (χ0) is 12.8. The molecule has 6 heteroatoms. The van der Waals surface area contributed by atoms with Crippen molar-refractivity contribution in [2.45, 2.75) is 13.3 Å². The molecule has 0 fully saturated rings. The van der Waals surface area contributed by atoms with Gasteiger partial charge in [-0.25, -0.2) is 13.2 Å². The number of carbonyl (C=O) groups is 1. The van der Waals surface area contributed by atoms with Gasteiger partial charge in [0, 0.05) is 25.1 Å². The zero-order valence-corrected chi connectivity index (χ0v) is 9.32. The molecule has 0 aromatic heterocycles. The fraction of sp³-hybridized carbons (Fsp3) is 0.364. The Morgan fingerprint density at radius 1 is 1.29 bits per heavy atom.